The molecule has 1 aromatic carbocycles. The van der Waals surface area contributed by atoms with Gasteiger partial charge in [-0.1, -0.05) is 6.07 Å². The van der Waals surface area contributed by atoms with Gasteiger partial charge in [-0.3, -0.25) is 9.59 Å². The summed E-state index contributed by atoms with van der Waals surface area (Å²) in [6.45, 7) is 0. The molecule has 0 aliphatic rings. The SMILES string of the molecule is CN(C(=O)CC(=O)O)c1cccc(F)c1. The number of aliphatic carboxylic acids is 1. The fourth-order valence-corrected chi connectivity index (χ4v) is 1.08. The number of hydrogen-bond donors (Lipinski definition) is 1. The fourth-order valence-electron chi connectivity index (χ4n) is 1.08. The molecular formula is C10H10FNO3. The molecule has 5 heteroatoms. The first-order valence-electron chi connectivity index (χ1n) is 4.24. The van der Waals surface area contributed by atoms with Crippen molar-refractivity contribution in [2.45, 2.75) is 6.42 Å². The number of carboxylic acid groups (broad SMARTS) is 1. The van der Waals surface area contributed by atoms with Crippen molar-refractivity contribution in [3.05, 3.63) is 30.1 Å². The minimum absolute atomic E-state index is 0.334. The third-order valence-electron chi connectivity index (χ3n) is 1.87. The molecule has 1 amide bonds. The summed E-state index contributed by atoms with van der Waals surface area (Å²) in [4.78, 5) is 22.7. The van der Waals surface area contributed by atoms with Gasteiger partial charge in [0.05, 0.1) is 0 Å². The molecule has 80 valence electrons. The summed E-state index contributed by atoms with van der Waals surface area (Å²) in [7, 11) is 1.40. The zero-order valence-corrected chi connectivity index (χ0v) is 8.11. The van der Waals surface area contributed by atoms with E-state index in [9.17, 15) is 14.0 Å². The maximum absolute atomic E-state index is 12.8. The molecule has 1 N–H and O–H groups in total. The Bertz CT molecular complexity index is 392. The second-order valence-electron chi connectivity index (χ2n) is 3.00. The zero-order chi connectivity index (χ0) is 11.4. The summed E-state index contributed by atoms with van der Waals surface area (Å²) in [5.41, 5.74) is 0.334. The van der Waals surface area contributed by atoms with Gasteiger partial charge in [0, 0.05) is 12.7 Å². The third kappa shape index (κ3) is 3.05. The number of rotatable bonds is 3. The maximum Gasteiger partial charge on any atom is 0.312 e. The molecular weight excluding hydrogens is 201 g/mol. The zero-order valence-electron chi connectivity index (χ0n) is 8.11. The molecule has 4 nitrogen and oxygen atoms in total. The van der Waals surface area contributed by atoms with Crippen LogP contribution in [0.3, 0.4) is 0 Å². The molecule has 0 aliphatic heterocycles. The van der Waals surface area contributed by atoms with E-state index >= 15 is 0 Å². The first kappa shape index (κ1) is 11.2. The smallest absolute Gasteiger partial charge is 0.312 e. The number of amides is 1. The van der Waals surface area contributed by atoms with Crippen LogP contribution in [-0.4, -0.2) is 24.0 Å². The van der Waals surface area contributed by atoms with Crippen molar-refractivity contribution in [1.82, 2.24) is 0 Å². The van der Waals surface area contributed by atoms with Crippen molar-refractivity contribution in [1.29, 1.82) is 0 Å². The Hall–Kier alpha value is -1.91. The topological polar surface area (TPSA) is 57.6 Å². The summed E-state index contributed by atoms with van der Waals surface area (Å²) in [6, 6.07) is 5.40. The van der Waals surface area contributed by atoms with Crippen LogP contribution in [0.4, 0.5) is 10.1 Å². The van der Waals surface area contributed by atoms with Crippen molar-refractivity contribution >= 4 is 17.6 Å². The number of carboxylic acids is 1. The monoisotopic (exact) mass is 211 g/mol. The van der Waals surface area contributed by atoms with Gasteiger partial charge >= 0.3 is 5.97 Å². The van der Waals surface area contributed by atoms with E-state index in [1.54, 1.807) is 0 Å². The largest absolute Gasteiger partial charge is 0.481 e. The van der Waals surface area contributed by atoms with Crippen molar-refractivity contribution in [2.24, 2.45) is 0 Å². The number of benzene rings is 1. The molecule has 0 fully saturated rings. The van der Waals surface area contributed by atoms with Crippen LogP contribution in [0.2, 0.25) is 0 Å². The quantitative estimate of drug-likeness (QED) is 0.766. The van der Waals surface area contributed by atoms with Crippen molar-refractivity contribution in [3.63, 3.8) is 0 Å². The highest BCUT2D eigenvalue weighted by Crippen LogP contribution is 2.14. The van der Waals surface area contributed by atoms with Gasteiger partial charge in [-0.25, -0.2) is 4.39 Å². The molecule has 0 aromatic heterocycles. The van der Waals surface area contributed by atoms with Crippen molar-refractivity contribution in [3.8, 4) is 0 Å². The van der Waals surface area contributed by atoms with Crippen LogP contribution in [0.1, 0.15) is 6.42 Å². The van der Waals surface area contributed by atoms with Crippen LogP contribution < -0.4 is 4.90 Å². The van der Waals surface area contributed by atoms with Gasteiger partial charge in [0.1, 0.15) is 12.2 Å². The van der Waals surface area contributed by atoms with E-state index < -0.39 is 24.1 Å². The van der Waals surface area contributed by atoms with Gasteiger partial charge in [0.25, 0.3) is 0 Å². The van der Waals surface area contributed by atoms with Crippen molar-refractivity contribution in [2.75, 3.05) is 11.9 Å². The molecule has 1 rings (SSSR count). The molecule has 0 spiro atoms. The Balaban J connectivity index is 2.80. The van der Waals surface area contributed by atoms with Crippen LogP contribution >= 0.6 is 0 Å². The molecule has 1 aromatic rings. The lowest BCUT2D eigenvalue weighted by molar-refractivity contribution is -0.140. The Labute approximate surface area is 85.9 Å². The number of hydrogen-bond acceptors (Lipinski definition) is 2. The van der Waals surface area contributed by atoms with Crippen LogP contribution in [0.15, 0.2) is 24.3 Å². The molecule has 0 unspecified atom stereocenters. The van der Waals surface area contributed by atoms with Gasteiger partial charge in [0.2, 0.25) is 5.91 Å². The summed E-state index contributed by atoms with van der Waals surface area (Å²) >= 11 is 0. The molecule has 0 aliphatic carbocycles. The lowest BCUT2D eigenvalue weighted by Crippen LogP contribution is -2.28. The second-order valence-corrected chi connectivity index (χ2v) is 3.00. The lowest BCUT2D eigenvalue weighted by Gasteiger charge is -2.15. The second kappa shape index (κ2) is 4.54. The predicted octanol–water partition coefficient (Wildman–Crippen LogP) is 1.26. The standard InChI is InChI=1S/C10H10FNO3/c1-12(9(13)6-10(14)15)8-4-2-3-7(11)5-8/h2-5H,6H2,1H3,(H,14,15). The summed E-state index contributed by atoms with van der Waals surface area (Å²) < 4.78 is 12.8. The fraction of sp³-hybridized carbons (Fsp3) is 0.200. The highest BCUT2D eigenvalue weighted by molar-refractivity contribution is 6.02. The van der Waals surface area contributed by atoms with E-state index in [2.05, 4.69) is 0 Å². The van der Waals surface area contributed by atoms with Crippen molar-refractivity contribution < 1.29 is 19.1 Å². The first-order chi connectivity index (χ1) is 7.00. The number of anilines is 1. The first-order valence-corrected chi connectivity index (χ1v) is 4.24. The molecule has 0 saturated heterocycles. The average Bonchev–Trinajstić information content (AvgIpc) is 2.15. The maximum atomic E-state index is 12.8. The lowest BCUT2D eigenvalue weighted by atomic mass is 10.2. The van der Waals surface area contributed by atoms with Crippen LogP contribution in [0, 0.1) is 5.82 Å². The highest BCUT2D eigenvalue weighted by Gasteiger charge is 2.14. The molecule has 0 atom stereocenters. The molecule has 0 heterocycles. The molecule has 0 bridgehead atoms. The number of nitrogens with zero attached hydrogens (tertiary/aromatic N) is 1. The van der Waals surface area contributed by atoms with E-state index in [-0.39, 0.29) is 0 Å². The Morgan fingerprint density at radius 3 is 2.67 bits per heavy atom. The normalized spacial score (nSPS) is 9.73. The average molecular weight is 211 g/mol. The summed E-state index contributed by atoms with van der Waals surface area (Å²) in [6.07, 6.45) is -0.604. The Morgan fingerprint density at radius 2 is 2.13 bits per heavy atom. The number of carbonyl (C=O) groups is 2. The van der Waals surface area contributed by atoms with Gasteiger partial charge in [0.15, 0.2) is 0 Å². The van der Waals surface area contributed by atoms with E-state index in [1.165, 1.54) is 31.3 Å². The third-order valence-corrected chi connectivity index (χ3v) is 1.87. The van der Waals surface area contributed by atoms with Gasteiger partial charge in [-0.2, -0.15) is 0 Å². The predicted molar refractivity (Wildman–Crippen MR) is 52.1 cm³/mol. The Morgan fingerprint density at radius 1 is 1.47 bits per heavy atom. The number of carbonyl (C=O) groups excluding carboxylic acids is 1. The summed E-state index contributed by atoms with van der Waals surface area (Å²) in [5.74, 6) is -2.26. The van der Waals surface area contributed by atoms with Crippen LogP contribution in [-0.2, 0) is 9.59 Å². The van der Waals surface area contributed by atoms with E-state index in [0.717, 1.165) is 4.90 Å². The van der Waals surface area contributed by atoms with Crippen LogP contribution in [0.25, 0.3) is 0 Å². The highest BCUT2D eigenvalue weighted by atomic mass is 19.1. The van der Waals surface area contributed by atoms with E-state index in [0.29, 0.717) is 5.69 Å². The Kier molecular flexibility index (Phi) is 3.38. The van der Waals surface area contributed by atoms with Crippen LogP contribution in [0.5, 0.6) is 0 Å². The minimum Gasteiger partial charge on any atom is -0.481 e. The van der Waals surface area contributed by atoms with E-state index in [4.69, 9.17) is 5.11 Å². The van der Waals surface area contributed by atoms with Gasteiger partial charge in [-0.05, 0) is 18.2 Å². The molecule has 0 saturated carbocycles. The molecule has 15 heavy (non-hydrogen) atoms. The number of halogens is 1. The van der Waals surface area contributed by atoms with E-state index in [1.807, 2.05) is 0 Å². The minimum atomic E-state index is -1.21. The van der Waals surface area contributed by atoms with Gasteiger partial charge < -0.3 is 10.0 Å². The summed E-state index contributed by atoms with van der Waals surface area (Å²) in [5, 5.41) is 8.41. The molecule has 0 radical (unpaired) electrons. The van der Waals surface area contributed by atoms with Gasteiger partial charge in [-0.15, -0.1) is 0 Å².